The second-order valence-corrected chi connectivity index (χ2v) is 9.11. The van der Waals surface area contributed by atoms with Crippen molar-refractivity contribution < 1.29 is 9.59 Å². The van der Waals surface area contributed by atoms with Crippen molar-refractivity contribution in [3.05, 3.63) is 69.5 Å². The number of amides is 2. The molecule has 2 aromatic rings. The number of unbranched alkanes of at least 4 members (excludes halogenated alkanes) is 2. The Kier molecular flexibility index (Phi) is 8.03. The Hall–Kier alpha value is -1.96. The molecule has 0 spiro atoms. The number of anilines is 1. The number of hydrogen-bond acceptors (Lipinski definition) is 4. The van der Waals surface area contributed by atoms with Gasteiger partial charge in [-0.15, -0.1) is 0 Å². The average Bonchev–Trinajstić information content (AvgIpc) is 2.97. The molecule has 3 rings (SSSR count). The van der Waals surface area contributed by atoms with E-state index in [0.717, 1.165) is 35.0 Å². The molecule has 2 aromatic carbocycles. The molecule has 1 saturated heterocycles. The molecule has 1 N–H and O–H groups in total. The third-order valence-electron chi connectivity index (χ3n) is 4.40. The van der Waals surface area contributed by atoms with E-state index in [1.807, 2.05) is 60.7 Å². The molecule has 0 aromatic heterocycles. The average molecular weight is 489 g/mol. The Balaban J connectivity index is 1.41. The van der Waals surface area contributed by atoms with Crippen molar-refractivity contribution >= 4 is 67.8 Å². The van der Waals surface area contributed by atoms with Crippen LogP contribution in [0.1, 0.15) is 31.2 Å². The van der Waals surface area contributed by atoms with Crippen LogP contribution in [0.2, 0.25) is 0 Å². The largest absolute Gasteiger partial charge is 0.325 e. The molecule has 2 amide bonds. The van der Waals surface area contributed by atoms with Gasteiger partial charge in [-0.2, -0.15) is 0 Å². The highest BCUT2D eigenvalue weighted by molar-refractivity contribution is 9.10. The molecule has 1 aliphatic rings. The molecule has 0 unspecified atom stereocenters. The maximum atomic E-state index is 12.6. The zero-order chi connectivity index (χ0) is 20.6. The van der Waals surface area contributed by atoms with Gasteiger partial charge in [-0.25, -0.2) is 0 Å². The molecule has 0 radical (unpaired) electrons. The second-order valence-electron chi connectivity index (χ2n) is 6.58. The number of nitrogens with zero attached hydrogens (tertiary/aromatic N) is 1. The van der Waals surface area contributed by atoms with Gasteiger partial charge >= 0.3 is 0 Å². The number of para-hydroxylation sites is 1. The first-order valence-corrected chi connectivity index (χ1v) is 11.4. The zero-order valence-corrected chi connectivity index (χ0v) is 19.0. The van der Waals surface area contributed by atoms with Crippen LogP contribution >= 0.6 is 39.9 Å². The van der Waals surface area contributed by atoms with Crippen LogP contribution in [0.15, 0.2) is 64.0 Å². The lowest BCUT2D eigenvalue weighted by Crippen LogP contribution is -2.29. The number of nitrogens with one attached hydrogen (secondary N) is 1. The summed E-state index contributed by atoms with van der Waals surface area (Å²) in [6.45, 7) is 0.586. The summed E-state index contributed by atoms with van der Waals surface area (Å²) in [5.41, 5.74) is 1.77. The summed E-state index contributed by atoms with van der Waals surface area (Å²) < 4.78 is 1.47. The summed E-state index contributed by atoms with van der Waals surface area (Å²) in [5, 5.41) is 2.90. The van der Waals surface area contributed by atoms with Crippen LogP contribution in [0.3, 0.4) is 0 Å². The van der Waals surface area contributed by atoms with Gasteiger partial charge in [0.1, 0.15) is 4.32 Å². The molecule has 0 bridgehead atoms. The van der Waals surface area contributed by atoms with Gasteiger partial charge in [0.25, 0.3) is 5.91 Å². The Morgan fingerprint density at radius 3 is 2.55 bits per heavy atom. The molecular formula is C22H21BrN2O2S2. The lowest BCUT2D eigenvalue weighted by molar-refractivity contribution is -0.122. The summed E-state index contributed by atoms with van der Waals surface area (Å²) >= 11 is 10.1. The van der Waals surface area contributed by atoms with Gasteiger partial charge in [-0.3, -0.25) is 14.5 Å². The van der Waals surface area contributed by atoms with E-state index in [1.54, 1.807) is 4.90 Å². The molecule has 4 nitrogen and oxygen atoms in total. The smallest absolute Gasteiger partial charge is 0.266 e. The van der Waals surface area contributed by atoms with E-state index in [2.05, 4.69) is 21.2 Å². The number of thiocarbonyl (C=S) groups is 1. The number of benzene rings is 2. The predicted octanol–water partition coefficient (Wildman–Crippen LogP) is 5.85. The summed E-state index contributed by atoms with van der Waals surface area (Å²) in [6, 6.07) is 17.3. The molecule has 1 fully saturated rings. The molecule has 0 aliphatic carbocycles. The van der Waals surface area contributed by atoms with E-state index >= 15 is 0 Å². The number of hydrogen-bond donors (Lipinski definition) is 1. The van der Waals surface area contributed by atoms with Crippen LogP contribution < -0.4 is 5.32 Å². The molecular weight excluding hydrogens is 468 g/mol. The standard InChI is InChI=1S/C22H21BrN2O2S2/c23-17-11-6-7-12-18(17)24-20(26)13-5-2-8-14-25-21(27)19(29-22(25)28)15-16-9-3-1-4-10-16/h1,3-4,6-7,9-12,15H,2,5,8,13-14H2,(H,24,26). The summed E-state index contributed by atoms with van der Waals surface area (Å²) in [4.78, 5) is 27.0. The molecule has 29 heavy (non-hydrogen) atoms. The first-order chi connectivity index (χ1) is 14.0. The fraction of sp³-hybridized carbons (Fsp3) is 0.227. The van der Waals surface area contributed by atoms with Crippen LogP contribution in [0.4, 0.5) is 5.69 Å². The summed E-state index contributed by atoms with van der Waals surface area (Å²) in [5.74, 6) is -0.0381. The molecule has 7 heteroatoms. The van der Waals surface area contributed by atoms with Crippen LogP contribution in [-0.4, -0.2) is 27.6 Å². The molecule has 1 heterocycles. The third kappa shape index (κ3) is 6.26. The molecule has 1 aliphatic heterocycles. The normalized spacial score (nSPS) is 15.2. The monoisotopic (exact) mass is 488 g/mol. The van der Waals surface area contributed by atoms with Gasteiger partial charge in [0, 0.05) is 17.4 Å². The van der Waals surface area contributed by atoms with Crippen molar-refractivity contribution in [2.45, 2.75) is 25.7 Å². The van der Waals surface area contributed by atoms with Gasteiger partial charge in [0.15, 0.2) is 0 Å². The number of carbonyl (C=O) groups excluding carboxylic acids is 2. The Bertz CT molecular complexity index is 931. The number of carbonyl (C=O) groups is 2. The third-order valence-corrected chi connectivity index (χ3v) is 6.47. The highest BCUT2D eigenvalue weighted by atomic mass is 79.9. The number of halogens is 1. The van der Waals surface area contributed by atoms with Crippen LogP contribution in [0.25, 0.3) is 6.08 Å². The summed E-state index contributed by atoms with van der Waals surface area (Å²) in [6.07, 6.45) is 4.77. The lowest BCUT2D eigenvalue weighted by atomic mass is 10.1. The number of thioether (sulfide) groups is 1. The van der Waals surface area contributed by atoms with Gasteiger partial charge in [-0.1, -0.05) is 72.9 Å². The molecule has 0 atom stereocenters. The van der Waals surface area contributed by atoms with E-state index in [9.17, 15) is 9.59 Å². The highest BCUT2D eigenvalue weighted by Gasteiger charge is 2.31. The molecule has 0 saturated carbocycles. The number of rotatable bonds is 8. The minimum Gasteiger partial charge on any atom is -0.325 e. The zero-order valence-electron chi connectivity index (χ0n) is 15.8. The maximum absolute atomic E-state index is 12.6. The minimum absolute atomic E-state index is 0.00620. The van der Waals surface area contributed by atoms with Crippen molar-refractivity contribution in [2.24, 2.45) is 0 Å². The Morgan fingerprint density at radius 1 is 1.07 bits per heavy atom. The maximum Gasteiger partial charge on any atom is 0.266 e. The Morgan fingerprint density at radius 2 is 1.79 bits per heavy atom. The van der Waals surface area contributed by atoms with E-state index in [-0.39, 0.29) is 11.8 Å². The molecule has 150 valence electrons. The van der Waals surface area contributed by atoms with Crippen molar-refractivity contribution in [1.82, 2.24) is 4.90 Å². The van der Waals surface area contributed by atoms with E-state index < -0.39 is 0 Å². The van der Waals surface area contributed by atoms with Crippen LogP contribution in [0, 0.1) is 0 Å². The quantitative estimate of drug-likeness (QED) is 0.287. The van der Waals surface area contributed by atoms with Crippen LogP contribution in [0.5, 0.6) is 0 Å². The van der Waals surface area contributed by atoms with E-state index in [1.165, 1.54) is 11.8 Å². The van der Waals surface area contributed by atoms with Crippen molar-refractivity contribution in [3.63, 3.8) is 0 Å². The highest BCUT2D eigenvalue weighted by Crippen LogP contribution is 2.32. The SMILES string of the molecule is O=C(CCCCCN1C(=O)C(=Cc2ccccc2)SC1=S)Nc1ccccc1Br. The van der Waals surface area contributed by atoms with Gasteiger partial charge in [0.05, 0.1) is 10.6 Å². The first kappa shape index (κ1) is 21.7. The fourth-order valence-corrected chi connectivity index (χ4v) is 4.59. The topological polar surface area (TPSA) is 49.4 Å². The Labute approximate surface area is 188 Å². The van der Waals surface area contributed by atoms with Crippen LogP contribution in [-0.2, 0) is 9.59 Å². The van der Waals surface area contributed by atoms with Crippen molar-refractivity contribution in [2.75, 3.05) is 11.9 Å². The summed E-state index contributed by atoms with van der Waals surface area (Å²) in [7, 11) is 0. The lowest BCUT2D eigenvalue weighted by Gasteiger charge is -2.14. The second kappa shape index (κ2) is 10.7. The fourth-order valence-electron chi connectivity index (χ4n) is 2.90. The predicted molar refractivity (Wildman–Crippen MR) is 128 cm³/mol. The van der Waals surface area contributed by atoms with E-state index in [0.29, 0.717) is 22.2 Å². The van der Waals surface area contributed by atoms with E-state index in [4.69, 9.17) is 12.2 Å². The van der Waals surface area contributed by atoms with Crippen molar-refractivity contribution in [1.29, 1.82) is 0 Å². The first-order valence-electron chi connectivity index (χ1n) is 9.39. The minimum atomic E-state index is -0.0319. The van der Waals surface area contributed by atoms with Crippen molar-refractivity contribution in [3.8, 4) is 0 Å². The van der Waals surface area contributed by atoms with Gasteiger partial charge < -0.3 is 5.32 Å². The van der Waals surface area contributed by atoms with Gasteiger partial charge in [0.2, 0.25) is 5.91 Å². The van der Waals surface area contributed by atoms with Gasteiger partial charge in [-0.05, 0) is 52.5 Å².